The Kier molecular flexibility index (Phi) is 4.66. The first kappa shape index (κ1) is 14.7. The van der Waals surface area contributed by atoms with Crippen molar-refractivity contribution in [1.82, 2.24) is 9.88 Å². The molecule has 1 heterocycles. The van der Waals surface area contributed by atoms with Crippen LogP contribution in [0.25, 0.3) is 0 Å². The van der Waals surface area contributed by atoms with Crippen molar-refractivity contribution in [2.24, 2.45) is 0 Å². The number of carboxylic acids is 1. The molecule has 0 aliphatic heterocycles. The van der Waals surface area contributed by atoms with Gasteiger partial charge in [0.2, 0.25) is 0 Å². The first-order valence-corrected chi connectivity index (χ1v) is 6.64. The minimum atomic E-state index is -1.10. The molecule has 0 radical (unpaired) electrons. The Hall–Kier alpha value is -2.69. The van der Waals surface area contributed by atoms with Crippen molar-refractivity contribution in [1.29, 1.82) is 0 Å². The quantitative estimate of drug-likeness (QED) is 0.915. The van der Waals surface area contributed by atoms with Gasteiger partial charge >= 0.3 is 5.97 Å². The number of hydrogen-bond acceptors (Lipinski definition) is 3. The number of carboxylic acid groups (broad SMARTS) is 1. The van der Waals surface area contributed by atoms with Gasteiger partial charge in [0.15, 0.2) is 0 Å². The molecule has 2 aromatic rings. The van der Waals surface area contributed by atoms with E-state index in [0.29, 0.717) is 13.1 Å². The largest absolute Gasteiger partial charge is 0.478 e. The van der Waals surface area contributed by atoms with E-state index in [2.05, 4.69) is 4.98 Å². The van der Waals surface area contributed by atoms with Crippen LogP contribution >= 0.6 is 0 Å². The van der Waals surface area contributed by atoms with E-state index in [0.717, 1.165) is 5.56 Å². The molecule has 108 valence electrons. The molecule has 2 rings (SSSR count). The average Bonchev–Trinajstić information content (AvgIpc) is 2.53. The maximum atomic E-state index is 12.6. The summed E-state index contributed by atoms with van der Waals surface area (Å²) in [4.78, 5) is 29.3. The lowest BCUT2D eigenvalue weighted by Crippen LogP contribution is -2.31. The molecule has 1 aromatic carbocycles. The van der Waals surface area contributed by atoms with Crippen LogP contribution in [0.4, 0.5) is 0 Å². The molecule has 0 atom stereocenters. The molecule has 1 amide bonds. The van der Waals surface area contributed by atoms with Crippen LogP contribution < -0.4 is 0 Å². The molecule has 0 saturated carbocycles. The van der Waals surface area contributed by atoms with E-state index in [1.54, 1.807) is 35.5 Å². The van der Waals surface area contributed by atoms with Crippen LogP contribution in [0.3, 0.4) is 0 Å². The SMILES string of the molecule is CCN(Cc1ccncc1)C(=O)c1ccccc1C(=O)O. The van der Waals surface area contributed by atoms with Gasteiger partial charge in [-0.1, -0.05) is 12.1 Å². The highest BCUT2D eigenvalue weighted by molar-refractivity contribution is 6.04. The van der Waals surface area contributed by atoms with Crippen molar-refractivity contribution in [2.75, 3.05) is 6.54 Å². The number of pyridine rings is 1. The molecular weight excluding hydrogens is 268 g/mol. The number of aromatic carboxylic acids is 1. The van der Waals surface area contributed by atoms with Gasteiger partial charge in [0, 0.05) is 25.5 Å². The number of amides is 1. The van der Waals surface area contributed by atoms with Crippen LogP contribution in [0.2, 0.25) is 0 Å². The van der Waals surface area contributed by atoms with Crippen LogP contribution in [-0.4, -0.2) is 33.4 Å². The van der Waals surface area contributed by atoms with E-state index >= 15 is 0 Å². The standard InChI is InChI=1S/C16H16N2O3/c1-2-18(11-12-7-9-17-10-8-12)15(19)13-5-3-4-6-14(13)16(20)21/h3-10H,2,11H2,1H3,(H,20,21). The summed E-state index contributed by atoms with van der Waals surface area (Å²) < 4.78 is 0. The number of benzene rings is 1. The molecule has 0 bridgehead atoms. The van der Waals surface area contributed by atoms with Crippen molar-refractivity contribution in [3.05, 3.63) is 65.5 Å². The summed E-state index contributed by atoms with van der Waals surface area (Å²) in [7, 11) is 0. The molecule has 0 unspecified atom stereocenters. The van der Waals surface area contributed by atoms with E-state index < -0.39 is 5.97 Å². The lowest BCUT2D eigenvalue weighted by Gasteiger charge is -2.21. The second-order valence-electron chi connectivity index (χ2n) is 4.53. The third-order valence-corrected chi connectivity index (χ3v) is 3.18. The topological polar surface area (TPSA) is 70.5 Å². The van der Waals surface area contributed by atoms with Crippen molar-refractivity contribution >= 4 is 11.9 Å². The van der Waals surface area contributed by atoms with Gasteiger partial charge < -0.3 is 10.0 Å². The minimum Gasteiger partial charge on any atom is -0.478 e. The molecule has 5 nitrogen and oxygen atoms in total. The van der Waals surface area contributed by atoms with Gasteiger partial charge in [-0.2, -0.15) is 0 Å². The molecule has 0 spiro atoms. The fourth-order valence-electron chi connectivity index (χ4n) is 2.06. The van der Waals surface area contributed by atoms with Gasteiger partial charge in [0.1, 0.15) is 0 Å². The van der Waals surface area contributed by atoms with E-state index in [9.17, 15) is 14.7 Å². The molecule has 1 N–H and O–H groups in total. The smallest absolute Gasteiger partial charge is 0.336 e. The summed E-state index contributed by atoms with van der Waals surface area (Å²) in [6.45, 7) is 2.78. The predicted octanol–water partition coefficient (Wildman–Crippen LogP) is 2.44. The average molecular weight is 284 g/mol. The van der Waals surface area contributed by atoms with Crippen LogP contribution in [-0.2, 0) is 6.54 Å². The number of carbonyl (C=O) groups is 2. The monoisotopic (exact) mass is 284 g/mol. The fourth-order valence-corrected chi connectivity index (χ4v) is 2.06. The first-order valence-electron chi connectivity index (χ1n) is 6.64. The highest BCUT2D eigenvalue weighted by Gasteiger charge is 2.20. The molecule has 5 heteroatoms. The Bertz CT molecular complexity index is 641. The summed E-state index contributed by atoms with van der Waals surface area (Å²) in [6.07, 6.45) is 3.33. The highest BCUT2D eigenvalue weighted by Crippen LogP contribution is 2.14. The van der Waals surface area contributed by atoms with Crippen LogP contribution in [0.15, 0.2) is 48.8 Å². The fraction of sp³-hybridized carbons (Fsp3) is 0.188. The summed E-state index contributed by atoms with van der Waals surface area (Å²) >= 11 is 0. The predicted molar refractivity (Wildman–Crippen MR) is 78.1 cm³/mol. The van der Waals surface area contributed by atoms with E-state index in [1.807, 2.05) is 19.1 Å². The second-order valence-corrected chi connectivity index (χ2v) is 4.53. The zero-order valence-electron chi connectivity index (χ0n) is 11.7. The molecule has 0 fully saturated rings. The summed E-state index contributed by atoms with van der Waals surface area (Å²) in [6, 6.07) is 9.92. The third-order valence-electron chi connectivity index (χ3n) is 3.18. The number of carbonyl (C=O) groups excluding carboxylic acids is 1. The van der Waals surface area contributed by atoms with Gasteiger partial charge in [-0.15, -0.1) is 0 Å². The lowest BCUT2D eigenvalue weighted by molar-refractivity contribution is 0.0674. The number of aromatic nitrogens is 1. The van der Waals surface area contributed by atoms with E-state index in [1.165, 1.54) is 6.07 Å². The summed E-state index contributed by atoms with van der Waals surface area (Å²) in [5, 5.41) is 9.18. The third kappa shape index (κ3) is 3.45. The van der Waals surface area contributed by atoms with Crippen molar-refractivity contribution in [3.63, 3.8) is 0 Å². The Morgan fingerprint density at radius 2 is 1.71 bits per heavy atom. The molecule has 0 aliphatic carbocycles. The van der Waals surface area contributed by atoms with Crippen molar-refractivity contribution < 1.29 is 14.7 Å². The second kappa shape index (κ2) is 6.65. The van der Waals surface area contributed by atoms with Crippen LogP contribution in [0.1, 0.15) is 33.2 Å². The van der Waals surface area contributed by atoms with Gasteiger partial charge in [-0.25, -0.2) is 4.79 Å². The van der Waals surface area contributed by atoms with Crippen molar-refractivity contribution in [2.45, 2.75) is 13.5 Å². The number of rotatable bonds is 5. The first-order chi connectivity index (χ1) is 10.1. The number of nitrogens with zero attached hydrogens (tertiary/aromatic N) is 2. The highest BCUT2D eigenvalue weighted by atomic mass is 16.4. The molecule has 0 saturated heterocycles. The molecule has 0 aliphatic rings. The Morgan fingerprint density at radius 3 is 2.29 bits per heavy atom. The maximum absolute atomic E-state index is 12.6. The van der Waals surface area contributed by atoms with E-state index in [4.69, 9.17) is 0 Å². The van der Waals surface area contributed by atoms with Crippen molar-refractivity contribution in [3.8, 4) is 0 Å². The van der Waals surface area contributed by atoms with Crippen LogP contribution in [0, 0.1) is 0 Å². The van der Waals surface area contributed by atoms with Crippen LogP contribution in [0.5, 0.6) is 0 Å². The maximum Gasteiger partial charge on any atom is 0.336 e. The van der Waals surface area contributed by atoms with Gasteiger partial charge in [-0.05, 0) is 36.8 Å². The summed E-state index contributed by atoms with van der Waals surface area (Å²) in [5.41, 5.74) is 1.18. The van der Waals surface area contributed by atoms with Gasteiger partial charge in [0.05, 0.1) is 11.1 Å². The molecular formula is C16H16N2O3. The Balaban J connectivity index is 2.27. The lowest BCUT2D eigenvalue weighted by atomic mass is 10.1. The number of hydrogen-bond donors (Lipinski definition) is 1. The summed E-state index contributed by atoms with van der Waals surface area (Å²) in [5.74, 6) is -1.38. The Morgan fingerprint density at radius 1 is 1.10 bits per heavy atom. The zero-order chi connectivity index (χ0) is 15.2. The van der Waals surface area contributed by atoms with Gasteiger partial charge in [-0.3, -0.25) is 9.78 Å². The minimum absolute atomic E-state index is 0.0238. The normalized spacial score (nSPS) is 10.1. The van der Waals surface area contributed by atoms with Gasteiger partial charge in [0.25, 0.3) is 5.91 Å². The zero-order valence-corrected chi connectivity index (χ0v) is 11.7. The molecule has 21 heavy (non-hydrogen) atoms. The van der Waals surface area contributed by atoms with E-state index in [-0.39, 0.29) is 17.0 Å². The Labute approximate surface area is 122 Å². The molecule has 1 aromatic heterocycles.